The van der Waals surface area contributed by atoms with Crippen LogP contribution in [0.3, 0.4) is 0 Å². The summed E-state index contributed by atoms with van der Waals surface area (Å²) in [6.45, 7) is 6.50. The minimum Gasteiger partial charge on any atom is -0.494 e. The Bertz CT molecular complexity index is 456. The zero-order chi connectivity index (χ0) is 14.4. The fourth-order valence-electron chi connectivity index (χ4n) is 2.07. The highest BCUT2D eigenvalue weighted by Crippen LogP contribution is 2.27. The highest BCUT2D eigenvalue weighted by atomic mass is 16.5. The predicted octanol–water partition coefficient (Wildman–Crippen LogP) is 2.01. The SMILES string of the molecule is CCOc1cc(C)ccc1CNC(=O)CNCC1CC1. The van der Waals surface area contributed by atoms with Crippen molar-refractivity contribution in [3.05, 3.63) is 29.3 Å². The Kier molecular flexibility index (Phi) is 5.41. The number of hydrogen-bond donors (Lipinski definition) is 2. The van der Waals surface area contributed by atoms with Gasteiger partial charge in [-0.2, -0.15) is 0 Å². The van der Waals surface area contributed by atoms with Gasteiger partial charge in [0.25, 0.3) is 0 Å². The fourth-order valence-corrected chi connectivity index (χ4v) is 2.07. The lowest BCUT2D eigenvalue weighted by Crippen LogP contribution is -2.34. The molecule has 0 unspecified atom stereocenters. The second-order valence-corrected chi connectivity index (χ2v) is 5.40. The van der Waals surface area contributed by atoms with Gasteiger partial charge in [0.05, 0.1) is 13.2 Å². The minimum atomic E-state index is 0.0358. The van der Waals surface area contributed by atoms with Crippen molar-refractivity contribution in [3.8, 4) is 5.75 Å². The molecule has 0 aliphatic heterocycles. The van der Waals surface area contributed by atoms with Crippen LogP contribution in [0.2, 0.25) is 0 Å². The molecular weight excluding hydrogens is 252 g/mol. The molecule has 110 valence electrons. The maximum Gasteiger partial charge on any atom is 0.234 e. The normalized spacial score (nSPS) is 14.1. The molecule has 2 N–H and O–H groups in total. The van der Waals surface area contributed by atoms with Crippen molar-refractivity contribution in [3.63, 3.8) is 0 Å². The van der Waals surface area contributed by atoms with Gasteiger partial charge >= 0.3 is 0 Å². The molecule has 0 heterocycles. The molecule has 4 heteroatoms. The third-order valence-corrected chi connectivity index (χ3v) is 3.41. The average molecular weight is 276 g/mol. The van der Waals surface area contributed by atoms with Gasteiger partial charge in [0.15, 0.2) is 0 Å². The van der Waals surface area contributed by atoms with Crippen LogP contribution in [0, 0.1) is 12.8 Å². The number of carbonyl (C=O) groups is 1. The first-order valence-corrected chi connectivity index (χ1v) is 7.38. The molecule has 1 aliphatic carbocycles. The summed E-state index contributed by atoms with van der Waals surface area (Å²) in [6, 6.07) is 6.06. The van der Waals surface area contributed by atoms with Crippen molar-refractivity contribution in [2.24, 2.45) is 5.92 Å². The summed E-state index contributed by atoms with van der Waals surface area (Å²) in [7, 11) is 0. The summed E-state index contributed by atoms with van der Waals surface area (Å²) < 4.78 is 5.60. The topological polar surface area (TPSA) is 50.4 Å². The van der Waals surface area contributed by atoms with Crippen LogP contribution in [0.25, 0.3) is 0 Å². The Morgan fingerprint density at radius 3 is 2.90 bits per heavy atom. The summed E-state index contributed by atoms with van der Waals surface area (Å²) >= 11 is 0. The number of nitrogens with one attached hydrogen (secondary N) is 2. The van der Waals surface area contributed by atoms with Gasteiger partial charge in [-0.3, -0.25) is 4.79 Å². The van der Waals surface area contributed by atoms with Crippen LogP contribution >= 0.6 is 0 Å². The van der Waals surface area contributed by atoms with Crippen molar-refractivity contribution in [1.29, 1.82) is 0 Å². The minimum absolute atomic E-state index is 0.0358. The van der Waals surface area contributed by atoms with E-state index >= 15 is 0 Å². The van der Waals surface area contributed by atoms with Gasteiger partial charge in [-0.1, -0.05) is 12.1 Å². The lowest BCUT2D eigenvalue weighted by atomic mass is 10.1. The Morgan fingerprint density at radius 2 is 2.20 bits per heavy atom. The molecule has 1 aromatic rings. The molecule has 4 nitrogen and oxygen atoms in total. The molecule has 0 spiro atoms. The van der Waals surface area contributed by atoms with Crippen molar-refractivity contribution < 1.29 is 9.53 Å². The van der Waals surface area contributed by atoms with E-state index in [1.54, 1.807) is 0 Å². The molecule has 20 heavy (non-hydrogen) atoms. The van der Waals surface area contributed by atoms with Gasteiger partial charge in [0.1, 0.15) is 5.75 Å². The number of benzene rings is 1. The average Bonchev–Trinajstić information content (AvgIpc) is 3.22. The van der Waals surface area contributed by atoms with Crippen molar-refractivity contribution in [2.45, 2.75) is 33.2 Å². The van der Waals surface area contributed by atoms with E-state index < -0.39 is 0 Å². The summed E-state index contributed by atoms with van der Waals surface area (Å²) in [5, 5.41) is 6.12. The molecule has 0 saturated heterocycles. The van der Waals surface area contributed by atoms with Crippen LogP contribution in [0.5, 0.6) is 5.75 Å². The second-order valence-electron chi connectivity index (χ2n) is 5.40. The third kappa shape index (κ3) is 4.85. The zero-order valence-electron chi connectivity index (χ0n) is 12.4. The lowest BCUT2D eigenvalue weighted by molar-refractivity contribution is -0.120. The summed E-state index contributed by atoms with van der Waals surface area (Å²) in [6.07, 6.45) is 2.60. The van der Waals surface area contributed by atoms with Gasteiger partial charge < -0.3 is 15.4 Å². The quantitative estimate of drug-likeness (QED) is 0.763. The highest BCUT2D eigenvalue weighted by Gasteiger charge is 2.20. The number of aryl methyl sites for hydroxylation is 1. The van der Waals surface area contributed by atoms with Gasteiger partial charge in [-0.15, -0.1) is 0 Å². The molecule has 2 rings (SSSR count). The predicted molar refractivity (Wildman–Crippen MR) is 79.8 cm³/mol. The lowest BCUT2D eigenvalue weighted by Gasteiger charge is -2.12. The summed E-state index contributed by atoms with van der Waals surface area (Å²) in [5.41, 5.74) is 2.18. The van der Waals surface area contributed by atoms with E-state index in [1.807, 2.05) is 32.0 Å². The first kappa shape index (κ1) is 14.9. The van der Waals surface area contributed by atoms with Gasteiger partial charge in [0, 0.05) is 12.1 Å². The molecular formula is C16H24N2O2. The van der Waals surface area contributed by atoms with E-state index in [0.717, 1.165) is 29.3 Å². The van der Waals surface area contributed by atoms with Gasteiger partial charge in [-0.05, 0) is 50.8 Å². The molecule has 0 atom stereocenters. The molecule has 0 bridgehead atoms. The van der Waals surface area contributed by atoms with Crippen molar-refractivity contribution in [2.75, 3.05) is 19.7 Å². The summed E-state index contributed by atoms with van der Waals surface area (Å²) in [5.74, 6) is 1.69. The van der Waals surface area contributed by atoms with Crippen LogP contribution in [-0.4, -0.2) is 25.6 Å². The van der Waals surface area contributed by atoms with E-state index in [0.29, 0.717) is 19.7 Å². The van der Waals surface area contributed by atoms with Crippen LogP contribution in [0.4, 0.5) is 0 Å². The summed E-state index contributed by atoms with van der Waals surface area (Å²) in [4.78, 5) is 11.7. The maximum absolute atomic E-state index is 11.7. The van der Waals surface area contributed by atoms with Crippen LogP contribution in [0.15, 0.2) is 18.2 Å². The molecule has 0 aromatic heterocycles. The maximum atomic E-state index is 11.7. The monoisotopic (exact) mass is 276 g/mol. The van der Waals surface area contributed by atoms with Gasteiger partial charge in [-0.25, -0.2) is 0 Å². The van der Waals surface area contributed by atoms with E-state index in [1.165, 1.54) is 12.8 Å². The van der Waals surface area contributed by atoms with E-state index in [2.05, 4.69) is 10.6 Å². The Hall–Kier alpha value is -1.55. The van der Waals surface area contributed by atoms with Gasteiger partial charge in [0.2, 0.25) is 5.91 Å². The molecule has 1 amide bonds. The number of rotatable bonds is 8. The molecule has 1 fully saturated rings. The Morgan fingerprint density at radius 1 is 1.40 bits per heavy atom. The number of ether oxygens (including phenoxy) is 1. The standard InChI is InChI=1S/C16H24N2O2/c1-3-20-15-8-12(2)4-7-14(15)10-18-16(19)11-17-9-13-5-6-13/h4,7-8,13,17H,3,5-6,9-11H2,1-2H3,(H,18,19). The first-order valence-electron chi connectivity index (χ1n) is 7.38. The van der Waals surface area contributed by atoms with Crippen LogP contribution in [0.1, 0.15) is 30.9 Å². The zero-order valence-corrected chi connectivity index (χ0v) is 12.4. The van der Waals surface area contributed by atoms with E-state index in [9.17, 15) is 4.79 Å². The second kappa shape index (κ2) is 7.29. The molecule has 1 saturated carbocycles. The Labute approximate surface area is 120 Å². The third-order valence-electron chi connectivity index (χ3n) is 3.41. The van der Waals surface area contributed by atoms with E-state index in [-0.39, 0.29) is 5.91 Å². The van der Waals surface area contributed by atoms with E-state index in [4.69, 9.17) is 4.74 Å². The fraction of sp³-hybridized carbons (Fsp3) is 0.562. The number of hydrogen-bond acceptors (Lipinski definition) is 3. The number of carbonyl (C=O) groups excluding carboxylic acids is 1. The van der Waals surface area contributed by atoms with Crippen molar-refractivity contribution in [1.82, 2.24) is 10.6 Å². The van der Waals surface area contributed by atoms with Crippen molar-refractivity contribution >= 4 is 5.91 Å². The first-order chi connectivity index (χ1) is 9.69. The van der Waals surface area contributed by atoms with Crippen LogP contribution in [-0.2, 0) is 11.3 Å². The van der Waals surface area contributed by atoms with Crippen LogP contribution < -0.4 is 15.4 Å². The largest absolute Gasteiger partial charge is 0.494 e. The molecule has 0 radical (unpaired) electrons. The number of amides is 1. The smallest absolute Gasteiger partial charge is 0.234 e. The molecule has 1 aliphatic rings. The molecule has 1 aromatic carbocycles. The Balaban J connectivity index is 1.78. The highest BCUT2D eigenvalue weighted by molar-refractivity contribution is 5.78.